The highest BCUT2D eigenvalue weighted by Gasteiger charge is 2.31. The van der Waals surface area contributed by atoms with Gasteiger partial charge in [0.2, 0.25) is 5.91 Å². The van der Waals surface area contributed by atoms with Crippen molar-refractivity contribution in [2.45, 2.75) is 6.54 Å². The maximum absolute atomic E-state index is 12.7. The van der Waals surface area contributed by atoms with Crippen LogP contribution in [0.5, 0.6) is 11.5 Å². The summed E-state index contributed by atoms with van der Waals surface area (Å²) in [6.07, 6.45) is 3.88. The van der Waals surface area contributed by atoms with E-state index in [0.29, 0.717) is 43.4 Å². The zero-order chi connectivity index (χ0) is 19.2. The number of carbonyl (C=O) groups is 2. The van der Waals surface area contributed by atoms with E-state index in [1.165, 1.54) is 0 Å². The van der Waals surface area contributed by atoms with E-state index in [2.05, 4.69) is 5.32 Å². The predicted octanol–water partition coefficient (Wildman–Crippen LogP) is 1.56. The Balaban J connectivity index is 1.54. The van der Waals surface area contributed by atoms with Crippen LogP contribution in [0.15, 0.2) is 42.7 Å². The van der Waals surface area contributed by atoms with Crippen LogP contribution in [0, 0.1) is 0 Å². The molecule has 0 atom stereocenters. The summed E-state index contributed by atoms with van der Waals surface area (Å²) in [5.41, 5.74) is 0.716. The summed E-state index contributed by atoms with van der Waals surface area (Å²) in [5, 5.41) is 2.85. The zero-order valence-corrected chi connectivity index (χ0v) is 15.6. The summed E-state index contributed by atoms with van der Waals surface area (Å²) < 4.78 is 12.5. The molecule has 144 valence electrons. The number of benzene rings is 1. The lowest BCUT2D eigenvalue weighted by Crippen LogP contribution is -2.40. The highest BCUT2D eigenvalue weighted by Crippen LogP contribution is 2.32. The Labute approximate surface area is 158 Å². The maximum Gasteiger partial charge on any atom is 0.325 e. The molecule has 0 saturated carbocycles. The second-order valence-electron chi connectivity index (χ2n) is 6.17. The molecule has 1 saturated heterocycles. The van der Waals surface area contributed by atoms with Gasteiger partial charge in [0, 0.05) is 50.3 Å². The number of anilines is 1. The van der Waals surface area contributed by atoms with Crippen LogP contribution in [0.2, 0.25) is 0 Å². The van der Waals surface area contributed by atoms with Crippen molar-refractivity contribution in [1.82, 2.24) is 14.8 Å². The topological polar surface area (TPSA) is 76.0 Å². The number of hydrogen-bond donors (Lipinski definition) is 1. The minimum absolute atomic E-state index is 0.0499. The average molecular weight is 372 g/mol. The van der Waals surface area contributed by atoms with E-state index in [4.69, 9.17) is 9.47 Å². The molecule has 0 radical (unpaired) electrons. The number of urea groups is 1. The average Bonchev–Trinajstić information content (AvgIpc) is 3.32. The van der Waals surface area contributed by atoms with Crippen LogP contribution in [0.4, 0.5) is 10.5 Å². The summed E-state index contributed by atoms with van der Waals surface area (Å²) in [7, 11) is 3.12. The minimum Gasteiger partial charge on any atom is -0.493 e. The molecule has 8 nitrogen and oxygen atoms in total. The van der Waals surface area contributed by atoms with Gasteiger partial charge in [-0.2, -0.15) is 0 Å². The van der Waals surface area contributed by atoms with Gasteiger partial charge in [-0.15, -0.1) is 0 Å². The van der Waals surface area contributed by atoms with E-state index in [-0.39, 0.29) is 18.5 Å². The number of carbonyl (C=O) groups excluding carboxylic acids is 2. The molecule has 0 unspecified atom stereocenters. The number of nitrogens with zero attached hydrogens (tertiary/aromatic N) is 3. The van der Waals surface area contributed by atoms with E-state index < -0.39 is 0 Å². The minimum atomic E-state index is -0.192. The molecule has 3 amide bonds. The van der Waals surface area contributed by atoms with Gasteiger partial charge in [0.15, 0.2) is 11.5 Å². The van der Waals surface area contributed by atoms with Gasteiger partial charge in [-0.05, 0) is 24.3 Å². The van der Waals surface area contributed by atoms with Crippen molar-refractivity contribution in [2.24, 2.45) is 0 Å². The Morgan fingerprint density at radius 3 is 2.56 bits per heavy atom. The van der Waals surface area contributed by atoms with Crippen LogP contribution < -0.4 is 19.7 Å². The van der Waals surface area contributed by atoms with Crippen molar-refractivity contribution < 1.29 is 19.1 Å². The number of amides is 3. The van der Waals surface area contributed by atoms with Gasteiger partial charge < -0.3 is 24.3 Å². The molecule has 1 aromatic carbocycles. The van der Waals surface area contributed by atoms with Crippen molar-refractivity contribution in [3.63, 3.8) is 0 Å². The number of hydrogen-bond acceptors (Lipinski definition) is 4. The highest BCUT2D eigenvalue weighted by molar-refractivity contribution is 5.96. The van der Waals surface area contributed by atoms with Gasteiger partial charge in [0.1, 0.15) is 6.54 Å². The van der Waals surface area contributed by atoms with Crippen molar-refractivity contribution in [1.29, 1.82) is 0 Å². The van der Waals surface area contributed by atoms with E-state index in [9.17, 15) is 9.59 Å². The fourth-order valence-corrected chi connectivity index (χ4v) is 3.03. The lowest BCUT2D eigenvalue weighted by atomic mass is 10.2. The van der Waals surface area contributed by atoms with Crippen molar-refractivity contribution >= 4 is 17.6 Å². The standard InChI is InChI=1S/C19H24N4O4/c1-26-16-6-5-15(13-17(16)27-2)23-12-11-22(19(23)25)14-18(24)20-7-10-21-8-3-4-9-21/h3-6,8-9,13H,7,10-12,14H2,1-2H3,(H,20,24). The lowest BCUT2D eigenvalue weighted by Gasteiger charge is -2.19. The lowest BCUT2D eigenvalue weighted by molar-refractivity contribution is -0.121. The van der Waals surface area contributed by atoms with Crippen LogP contribution in [0.3, 0.4) is 0 Å². The SMILES string of the molecule is COc1ccc(N2CCN(CC(=O)NCCn3cccc3)C2=O)cc1OC. The first-order chi connectivity index (χ1) is 13.1. The molecule has 3 rings (SSSR count). The molecule has 1 fully saturated rings. The maximum atomic E-state index is 12.7. The summed E-state index contributed by atoms with van der Waals surface area (Å²) in [6.45, 7) is 2.29. The Morgan fingerprint density at radius 2 is 1.85 bits per heavy atom. The second-order valence-corrected chi connectivity index (χ2v) is 6.17. The molecule has 0 spiro atoms. The number of aromatic nitrogens is 1. The molecule has 1 N–H and O–H groups in total. The molecule has 1 aliphatic rings. The first-order valence-electron chi connectivity index (χ1n) is 8.78. The van der Waals surface area contributed by atoms with E-state index >= 15 is 0 Å². The molecule has 1 aliphatic heterocycles. The molecule has 2 heterocycles. The largest absolute Gasteiger partial charge is 0.493 e. The predicted molar refractivity (Wildman–Crippen MR) is 101 cm³/mol. The van der Waals surface area contributed by atoms with E-state index in [0.717, 1.165) is 0 Å². The monoisotopic (exact) mass is 372 g/mol. The molecular weight excluding hydrogens is 348 g/mol. The summed E-state index contributed by atoms with van der Waals surface area (Å²) in [4.78, 5) is 28.0. The fraction of sp³-hybridized carbons (Fsp3) is 0.368. The molecule has 8 heteroatoms. The van der Waals surface area contributed by atoms with Gasteiger partial charge in [-0.3, -0.25) is 9.69 Å². The van der Waals surface area contributed by atoms with Gasteiger partial charge in [0.25, 0.3) is 0 Å². The van der Waals surface area contributed by atoms with E-state index in [1.807, 2.05) is 29.1 Å². The van der Waals surface area contributed by atoms with E-state index in [1.54, 1.807) is 42.2 Å². The first kappa shape index (κ1) is 18.6. The van der Waals surface area contributed by atoms with Crippen molar-refractivity contribution in [3.05, 3.63) is 42.7 Å². The number of methoxy groups -OCH3 is 2. The zero-order valence-electron chi connectivity index (χ0n) is 15.6. The van der Waals surface area contributed by atoms with Gasteiger partial charge in [-0.25, -0.2) is 4.79 Å². The first-order valence-corrected chi connectivity index (χ1v) is 8.78. The molecule has 0 bridgehead atoms. The van der Waals surface area contributed by atoms with Crippen molar-refractivity contribution in [3.8, 4) is 11.5 Å². The summed E-state index contributed by atoms with van der Waals surface area (Å²) >= 11 is 0. The third-order valence-electron chi connectivity index (χ3n) is 4.47. The molecule has 2 aromatic rings. The third-order valence-corrected chi connectivity index (χ3v) is 4.47. The number of ether oxygens (including phenoxy) is 2. The van der Waals surface area contributed by atoms with Crippen LogP contribution in [-0.4, -0.2) is 61.8 Å². The second kappa shape index (κ2) is 8.48. The number of rotatable bonds is 8. The van der Waals surface area contributed by atoms with Gasteiger partial charge >= 0.3 is 6.03 Å². The number of nitrogens with one attached hydrogen (secondary N) is 1. The quantitative estimate of drug-likeness (QED) is 0.763. The third kappa shape index (κ3) is 4.33. The molecule has 1 aromatic heterocycles. The molecular formula is C19H24N4O4. The van der Waals surface area contributed by atoms with Crippen LogP contribution in [0.1, 0.15) is 0 Å². The highest BCUT2D eigenvalue weighted by atomic mass is 16.5. The van der Waals surface area contributed by atoms with Crippen LogP contribution >= 0.6 is 0 Å². The Bertz CT molecular complexity index is 791. The fourth-order valence-electron chi connectivity index (χ4n) is 3.03. The van der Waals surface area contributed by atoms with Crippen LogP contribution in [-0.2, 0) is 11.3 Å². The van der Waals surface area contributed by atoms with Crippen molar-refractivity contribution in [2.75, 3.05) is 45.3 Å². The van der Waals surface area contributed by atoms with Gasteiger partial charge in [0.05, 0.1) is 14.2 Å². The van der Waals surface area contributed by atoms with Crippen LogP contribution in [0.25, 0.3) is 0 Å². The Hall–Kier alpha value is -3.16. The smallest absolute Gasteiger partial charge is 0.325 e. The Morgan fingerprint density at radius 1 is 1.11 bits per heavy atom. The summed E-state index contributed by atoms with van der Waals surface area (Å²) in [5.74, 6) is 1.00. The normalized spacial score (nSPS) is 13.8. The summed E-state index contributed by atoms with van der Waals surface area (Å²) in [6, 6.07) is 9.01. The van der Waals surface area contributed by atoms with Gasteiger partial charge in [-0.1, -0.05) is 0 Å². The molecule has 0 aliphatic carbocycles. The molecule has 27 heavy (non-hydrogen) atoms. The Kier molecular flexibility index (Phi) is 5.85.